The minimum absolute atomic E-state index is 0.479. The second-order valence-electron chi connectivity index (χ2n) is 3.34. The number of hydrogen-bond acceptors (Lipinski definition) is 4. The minimum atomic E-state index is 0.479. The summed E-state index contributed by atoms with van der Waals surface area (Å²) < 4.78 is 0. The molecule has 1 rings (SSSR count). The van der Waals surface area contributed by atoms with Crippen molar-refractivity contribution in [2.45, 2.75) is 18.7 Å². The first-order valence-corrected chi connectivity index (χ1v) is 6.13. The van der Waals surface area contributed by atoms with Crippen LogP contribution in [0, 0.1) is 11.3 Å². The molecule has 1 aromatic heterocycles. The molecule has 0 aromatic carbocycles. The van der Waals surface area contributed by atoms with Crippen LogP contribution in [0.3, 0.4) is 0 Å². The van der Waals surface area contributed by atoms with Crippen LogP contribution in [-0.2, 0) is 6.54 Å². The molecule has 0 saturated heterocycles. The predicted molar refractivity (Wildman–Crippen MR) is 63.6 cm³/mol. The molecule has 1 atom stereocenters. The molecule has 1 unspecified atom stereocenters. The third-order valence-electron chi connectivity index (χ3n) is 2.10. The van der Waals surface area contributed by atoms with Gasteiger partial charge in [-0.25, -0.2) is 4.98 Å². The summed E-state index contributed by atoms with van der Waals surface area (Å²) in [6, 6.07) is 5.78. The van der Waals surface area contributed by atoms with Crippen molar-refractivity contribution in [1.82, 2.24) is 10.3 Å². The lowest BCUT2D eigenvalue weighted by molar-refractivity contribution is 0.684. The maximum Gasteiger partial charge on any atom is 0.140 e. The van der Waals surface area contributed by atoms with Gasteiger partial charge in [-0.1, -0.05) is 6.92 Å². The molecule has 1 heterocycles. The molecule has 1 N–H and O–H groups in total. The van der Waals surface area contributed by atoms with Crippen molar-refractivity contribution < 1.29 is 0 Å². The quantitative estimate of drug-likeness (QED) is 0.823. The topological polar surface area (TPSA) is 48.7 Å². The van der Waals surface area contributed by atoms with Gasteiger partial charge in [0.1, 0.15) is 11.8 Å². The fraction of sp³-hybridized carbons (Fsp3) is 0.455. The molecule has 1 aromatic rings. The zero-order valence-electron chi connectivity index (χ0n) is 9.03. The zero-order chi connectivity index (χ0) is 11.1. The van der Waals surface area contributed by atoms with Crippen LogP contribution in [0.2, 0.25) is 0 Å². The van der Waals surface area contributed by atoms with Crippen molar-refractivity contribution in [2.75, 3.05) is 12.8 Å². The Morgan fingerprint density at radius 3 is 3.13 bits per heavy atom. The van der Waals surface area contributed by atoms with Crippen LogP contribution in [-0.4, -0.2) is 23.0 Å². The summed E-state index contributed by atoms with van der Waals surface area (Å²) in [6.45, 7) is 3.96. The van der Waals surface area contributed by atoms with E-state index in [9.17, 15) is 0 Å². The highest BCUT2D eigenvalue weighted by Gasteiger charge is 1.99. The summed E-state index contributed by atoms with van der Waals surface area (Å²) in [5.41, 5.74) is 1.59. The molecule has 0 bridgehead atoms. The van der Waals surface area contributed by atoms with Gasteiger partial charge in [0.05, 0.1) is 0 Å². The summed E-state index contributed by atoms with van der Waals surface area (Å²) in [4.78, 5) is 3.92. The normalized spacial score (nSPS) is 12.1. The van der Waals surface area contributed by atoms with Crippen LogP contribution < -0.4 is 5.32 Å². The molecule has 80 valence electrons. The van der Waals surface area contributed by atoms with Gasteiger partial charge in [-0.2, -0.15) is 17.0 Å². The van der Waals surface area contributed by atoms with E-state index in [0.717, 1.165) is 18.7 Å². The number of nitrogens with one attached hydrogen (secondary N) is 1. The molecule has 3 nitrogen and oxygen atoms in total. The molecule has 0 radical (unpaired) electrons. The summed E-state index contributed by atoms with van der Waals surface area (Å²) >= 11 is 1.84. The molecule has 0 amide bonds. The van der Waals surface area contributed by atoms with Gasteiger partial charge in [-0.3, -0.25) is 0 Å². The van der Waals surface area contributed by atoms with Crippen LogP contribution in [0.15, 0.2) is 18.3 Å². The van der Waals surface area contributed by atoms with Gasteiger partial charge in [0.25, 0.3) is 0 Å². The van der Waals surface area contributed by atoms with E-state index in [2.05, 4.69) is 23.5 Å². The maximum atomic E-state index is 8.68. The van der Waals surface area contributed by atoms with Crippen LogP contribution in [0.5, 0.6) is 0 Å². The Bertz CT molecular complexity index is 346. The molecular formula is C11H15N3S. The first-order valence-electron chi connectivity index (χ1n) is 4.84. The minimum Gasteiger partial charge on any atom is -0.312 e. The zero-order valence-corrected chi connectivity index (χ0v) is 9.84. The monoisotopic (exact) mass is 221 g/mol. The maximum absolute atomic E-state index is 8.68. The number of aromatic nitrogens is 1. The number of rotatable bonds is 5. The highest BCUT2D eigenvalue weighted by molar-refractivity contribution is 7.99. The second-order valence-corrected chi connectivity index (χ2v) is 4.61. The van der Waals surface area contributed by atoms with Crippen LogP contribution in [0.4, 0.5) is 0 Å². The molecule has 0 spiro atoms. The third-order valence-corrected chi connectivity index (χ3v) is 3.07. The highest BCUT2D eigenvalue weighted by atomic mass is 32.2. The Morgan fingerprint density at radius 2 is 2.47 bits per heavy atom. The largest absolute Gasteiger partial charge is 0.312 e. The lowest BCUT2D eigenvalue weighted by atomic mass is 10.2. The first-order chi connectivity index (χ1) is 7.26. The fourth-order valence-electron chi connectivity index (χ4n) is 1.15. The molecule has 4 heteroatoms. The Morgan fingerprint density at radius 1 is 1.67 bits per heavy atom. The van der Waals surface area contributed by atoms with E-state index in [1.54, 1.807) is 6.20 Å². The van der Waals surface area contributed by atoms with Gasteiger partial charge < -0.3 is 5.32 Å². The van der Waals surface area contributed by atoms with Gasteiger partial charge in [0, 0.05) is 24.5 Å². The van der Waals surface area contributed by atoms with E-state index in [1.165, 1.54) is 0 Å². The summed E-state index contributed by atoms with van der Waals surface area (Å²) in [6.07, 6.45) is 3.78. The van der Waals surface area contributed by atoms with E-state index in [0.29, 0.717) is 10.9 Å². The Labute approximate surface area is 94.9 Å². The molecule has 0 aliphatic carbocycles. The van der Waals surface area contributed by atoms with Crippen molar-refractivity contribution in [3.05, 3.63) is 29.6 Å². The number of nitrogens with zero attached hydrogens (tertiary/aromatic N) is 2. The summed E-state index contributed by atoms with van der Waals surface area (Å²) in [5, 5.41) is 12.6. The van der Waals surface area contributed by atoms with Crippen molar-refractivity contribution in [3.8, 4) is 6.07 Å². The highest BCUT2D eigenvalue weighted by Crippen LogP contribution is 2.04. The molecule has 0 aliphatic heterocycles. The molecule has 0 aliphatic rings. The number of hydrogen-bond donors (Lipinski definition) is 1. The van der Waals surface area contributed by atoms with Crippen molar-refractivity contribution in [2.24, 2.45) is 0 Å². The Hall–Kier alpha value is -1.05. The number of nitriles is 1. The van der Waals surface area contributed by atoms with Gasteiger partial charge in [0.15, 0.2) is 0 Å². The van der Waals surface area contributed by atoms with Crippen LogP contribution in [0.1, 0.15) is 18.2 Å². The standard InChI is InChI=1S/C11H15N3S/c1-9(15-2)7-13-8-10-3-4-14-11(5-10)6-12/h3-5,9,13H,7-8H2,1-2H3. The predicted octanol–water partition coefficient (Wildman–Crippen LogP) is 1.79. The lowest BCUT2D eigenvalue weighted by Gasteiger charge is -2.09. The average molecular weight is 221 g/mol. The van der Waals surface area contributed by atoms with Crippen LogP contribution >= 0.6 is 11.8 Å². The molecule has 15 heavy (non-hydrogen) atoms. The van der Waals surface area contributed by atoms with Crippen molar-refractivity contribution >= 4 is 11.8 Å². The number of thioether (sulfide) groups is 1. The Balaban J connectivity index is 2.41. The van der Waals surface area contributed by atoms with Crippen molar-refractivity contribution in [3.63, 3.8) is 0 Å². The summed E-state index contributed by atoms with van der Waals surface area (Å²) in [7, 11) is 0. The molecule has 0 fully saturated rings. The molecular weight excluding hydrogens is 206 g/mol. The van der Waals surface area contributed by atoms with Gasteiger partial charge >= 0.3 is 0 Å². The third kappa shape index (κ3) is 4.32. The lowest BCUT2D eigenvalue weighted by Crippen LogP contribution is -2.22. The van der Waals surface area contributed by atoms with E-state index in [1.807, 2.05) is 30.0 Å². The van der Waals surface area contributed by atoms with E-state index >= 15 is 0 Å². The van der Waals surface area contributed by atoms with Crippen LogP contribution in [0.25, 0.3) is 0 Å². The molecule has 0 saturated carbocycles. The van der Waals surface area contributed by atoms with Crippen molar-refractivity contribution in [1.29, 1.82) is 5.26 Å². The summed E-state index contributed by atoms with van der Waals surface area (Å²) in [5.74, 6) is 0. The van der Waals surface area contributed by atoms with Gasteiger partial charge in [-0.15, -0.1) is 0 Å². The van der Waals surface area contributed by atoms with Gasteiger partial charge in [0.2, 0.25) is 0 Å². The van der Waals surface area contributed by atoms with Gasteiger partial charge in [-0.05, 0) is 24.0 Å². The number of pyridine rings is 1. The van der Waals surface area contributed by atoms with E-state index < -0.39 is 0 Å². The fourth-order valence-corrected chi connectivity index (χ4v) is 1.43. The Kier molecular flexibility index (Phi) is 5.16. The van der Waals surface area contributed by atoms with E-state index in [4.69, 9.17) is 5.26 Å². The average Bonchev–Trinajstić information content (AvgIpc) is 2.29. The SMILES string of the molecule is CSC(C)CNCc1ccnc(C#N)c1. The van der Waals surface area contributed by atoms with E-state index in [-0.39, 0.29) is 0 Å². The second kappa shape index (κ2) is 6.44. The smallest absolute Gasteiger partial charge is 0.140 e. The first kappa shape index (κ1) is 12.0.